The molecule has 0 fully saturated rings. The summed E-state index contributed by atoms with van der Waals surface area (Å²) in [6.07, 6.45) is 11.4. The van der Waals surface area contributed by atoms with Crippen molar-refractivity contribution in [1.29, 1.82) is 0 Å². The molecule has 0 atom stereocenters. The van der Waals surface area contributed by atoms with E-state index >= 15 is 0 Å². The first-order chi connectivity index (χ1) is 9.12. The maximum absolute atomic E-state index is 9.33. The first kappa shape index (κ1) is 22.1. The highest BCUT2D eigenvalue weighted by Gasteiger charge is 2.04. The Kier molecular flexibility index (Phi) is 13.9. The van der Waals surface area contributed by atoms with Gasteiger partial charge in [0.2, 0.25) is 0 Å². The Balaban J connectivity index is 0. The second-order valence-corrected chi connectivity index (χ2v) is 7.27. The summed E-state index contributed by atoms with van der Waals surface area (Å²) in [6, 6.07) is 0. The molecular formula is C14H34NO4S+. The first-order valence-electron chi connectivity index (χ1n) is 7.46. The van der Waals surface area contributed by atoms with E-state index in [4.69, 9.17) is 4.55 Å². The average molecular weight is 312 g/mol. The third-order valence-electron chi connectivity index (χ3n) is 2.89. The third-order valence-corrected chi connectivity index (χ3v) is 3.31. The summed E-state index contributed by atoms with van der Waals surface area (Å²) in [4.78, 5) is 0. The Labute approximate surface area is 125 Å². The van der Waals surface area contributed by atoms with Gasteiger partial charge in [-0.05, 0) is 12.8 Å². The van der Waals surface area contributed by atoms with Gasteiger partial charge in [0.25, 0.3) is 0 Å². The van der Waals surface area contributed by atoms with Crippen molar-refractivity contribution >= 4 is 10.4 Å². The maximum Gasteiger partial charge on any atom is 0.397 e. The van der Waals surface area contributed by atoms with Gasteiger partial charge < -0.3 is 4.48 Å². The molecule has 0 rings (SSSR count). The molecule has 1 N–H and O–H groups in total. The molecule has 0 aliphatic rings. The summed E-state index contributed by atoms with van der Waals surface area (Å²) in [6.45, 7) is 3.61. The molecule has 0 spiro atoms. The number of hydrogen-bond acceptors (Lipinski definition) is 3. The highest BCUT2D eigenvalue weighted by molar-refractivity contribution is 7.80. The molecule has 0 heterocycles. The molecule has 0 saturated heterocycles. The molecule has 0 amide bonds. The number of hydrogen-bond donors (Lipinski definition) is 1. The highest BCUT2D eigenvalue weighted by atomic mass is 32.3. The van der Waals surface area contributed by atoms with Crippen molar-refractivity contribution in [3.63, 3.8) is 0 Å². The summed E-state index contributed by atoms with van der Waals surface area (Å²) in [5.74, 6) is 0. The molecule has 0 aliphatic carbocycles. The monoisotopic (exact) mass is 312 g/mol. The number of unbranched alkanes of at least 4 members (excludes halogenated alkanes) is 7. The fourth-order valence-corrected chi connectivity index (χ4v) is 1.72. The van der Waals surface area contributed by atoms with Crippen molar-refractivity contribution in [3.05, 3.63) is 0 Å². The largest absolute Gasteiger partial charge is 0.397 e. The molecule has 0 aromatic rings. The Bertz CT molecular complexity index is 297. The molecular weight excluding hydrogens is 278 g/mol. The van der Waals surface area contributed by atoms with E-state index in [1.54, 1.807) is 0 Å². The van der Waals surface area contributed by atoms with Crippen LogP contribution in [0.5, 0.6) is 0 Å². The van der Waals surface area contributed by atoms with Crippen molar-refractivity contribution in [3.8, 4) is 0 Å². The summed E-state index contributed by atoms with van der Waals surface area (Å²) < 4.78 is 30.8. The minimum Gasteiger partial charge on any atom is -0.331 e. The van der Waals surface area contributed by atoms with E-state index in [1.165, 1.54) is 57.9 Å². The van der Waals surface area contributed by atoms with Crippen LogP contribution in [-0.4, -0.2) is 52.3 Å². The maximum atomic E-state index is 9.33. The molecule has 0 bridgehead atoms. The van der Waals surface area contributed by atoms with E-state index in [2.05, 4.69) is 32.2 Å². The standard InChI is InChI=1S/C13H30N.CH4O4S/c1-5-6-7-8-9-10-11-12-13-14(2,3)4;1-5-6(2,3)4/h5-13H2,1-4H3;1H3,(H,2,3,4)/q+1;. The Morgan fingerprint density at radius 2 is 1.25 bits per heavy atom. The average Bonchev–Trinajstić information content (AvgIpc) is 2.31. The SMILES string of the molecule is CCCCCCCCCC[N+](C)(C)C.COS(=O)(=O)O. The van der Waals surface area contributed by atoms with E-state index in [0.29, 0.717) is 0 Å². The van der Waals surface area contributed by atoms with Crippen LogP contribution in [0, 0.1) is 0 Å². The summed E-state index contributed by atoms with van der Waals surface area (Å²) in [5.41, 5.74) is 0. The van der Waals surface area contributed by atoms with Crippen molar-refractivity contribution in [2.45, 2.75) is 58.3 Å². The quantitative estimate of drug-likeness (QED) is 0.382. The zero-order chi connectivity index (χ0) is 16.1. The van der Waals surface area contributed by atoms with Gasteiger partial charge >= 0.3 is 10.4 Å². The second kappa shape index (κ2) is 12.6. The molecule has 20 heavy (non-hydrogen) atoms. The molecule has 5 nitrogen and oxygen atoms in total. The summed E-state index contributed by atoms with van der Waals surface area (Å²) in [5, 5.41) is 0. The van der Waals surface area contributed by atoms with Gasteiger partial charge in [0.05, 0.1) is 34.8 Å². The Morgan fingerprint density at radius 3 is 1.55 bits per heavy atom. The van der Waals surface area contributed by atoms with Gasteiger partial charge in [-0.1, -0.05) is 45.4 Å². The normalized spacial score (nSPS) is 11.9. The van der Waals surface area contributed by atoms with Crippen molar-refractivity contribution in [2.24, 2.45) is 0 Å². The van der Waals surface area contributed by atoms with E-state index in [1.807, 2.05) is 0 Å². The van der Waals surface area contributed by atoms with Crippen LogP contribution in [0.2, 0.25) is 0 Å². The molecule has 0 aromatic heterocycles. The lowest BCUT2D eigenvalue weighted by atomic mass is 10.1. The zero-order valence-electron chi connectivity index (χ0n) is 13.9. The van der Waals surface area contributed by atoms with Crippen LogP contribution in [0.1, 0.15) is 58.3 Å². The van der Waals surface area contributed by atoms with Crippen molar-refractivity contribution < 1.29 is 21.6 Å². The number of quaternary nitrogens is 1. The lowest BCUT2D eigenvalue weighted by Crippen LogP contribution is -2.35. The first-order valence-corrected chi connectivity index (χ1v) is 8.82. The van der Waals surface area contributed by atoms with Gasteiger partial charge in [-0.25, -0.2) is 0 Å². The number of rotatable bonds is 10. The van der Waals surface area contributed by atoms with Crippen LogP contribution < -0.4 is 0 Å². The molecule has 0 unspecified atom stereocenters. The van der Waals surface area contributed by atoms with Crippen LogP contribution in [0.15, 0.2) is 0 Å². The van der Waals surface area contributed by atoms with Gasteiger partial charge in [0.15, 0.2) is 0 Å². The Hall–Kier alpha value is -0.170. The zero-order valence-corrected chi connectivity index (χ0v) is 14.7. The lowest BCUT2D eigenvalue weighted by molar-refractivity contribution is -0.870. The summed E-state index contributed by atoms with van der Waals surface area (Å²) >= 11 is 0. The van der Waals surface area contributed by atoms with Crippen molar-refractivity contribution in [1.82, 2.24) is 0 Å². The van der Waals surface area contributed by atoms with Gasteiger partial charge in [-0.15, -0.1) is 0 Å². The predicted molar refractivity (Wildman–Crippen MR) is 84.1 cm³/mol. The van der Waals surface area contributed by atoms with E-state index in [9.17, 15) is 8.42 Å². The molecule has 124 valence electrons. The second-order valence-electron chi connectivity index (χ2n) is 6.08. The fraction of sp³-hybridized carbons (Fsp3) is 1.00. The molecule has 0 saturated carbocycles. The van der Waals surface area contributed by atoms with E-state index in [0.717, 1.165) is 11.6 Å². The van der Waals surface area contributed by atoms with Crippen molar-refractivity contribution in [2.75, 3.05) is 34.8 Å². The van der Waals surface area contributed by atoms with Crippen LogP contribution in [-0.2, 0) is 14.6 Å². The fourth-order valence-electron chi connectivity index (χ4n) is 1.72. The smallest absolute Gasteiger partial charge is 0.331 e. The van der Waals surface area contributed by atoms with Gasteiger partial charge in [-0.3, -0.25) is 8.74 Å². The molecule has 6 heteroatoms. The Morgan fingerprint density at radius 1 is 0.900 bits per heavy atom. The van der Waals surface area contributed by atoms with Crippen LogP contribution in [0.25, 0.3) is 0 Å². The van der Waals surface area contributed by atoms with E-state index < -0.39 is 10.4 Å². The van der Waals surface area contributed by atoms with Crippen LogP contribution >= 0.6 is 0 Å². The molecule has 0 radical (unpaired) electrons. The van der Waals surface area contributed by atoms with Crippen LogP contribution in [0.3, 0.4) is 0 Å². The van der Waals surface area contributed by atoms with Gasteiger partial charge in [0.1, 0.15) is 0 Å². The molecule has 0 aromatic carbocycles. The van der Waals surface area contributed by atoms with Gasteiger partial charge in [-0.2, -0.15) is 8.42 Å². The van der Waals surface area contributed by atoms with Crippen LogP contribution in [0.4, 0.5) is 0 Å². The number of nitrogens with zero attached hydrogens (tertiary/aromatic N) is 1. The summed E-state index contributed by atoms with van der Waals surface area (Å²) in [7, 11) is 3.55. The third kappa shape index (κ3) is 26.4. The van der Waals surface area contributed by atoms with Gasteiger partial charge in [0, 0.05) is 0 Å². The predicted octanol–water partition coefficient (Wildman–Crippen LogP) is 3.27. The minimum absolute atomic E-state index is 0.870. The topological polar surface area (TPSA) is 63.6 Å². The highest BCUT2D eigenvalue weighted by Crippen LogP contribution is 2.09. The molecule has 0 aliphatic heterocycles. The lowest BCUT2D eigenvalue weighted by Gasteiger charge is -2.23. The van der Waals surface area contributed by atoms with E-state index in [-0.39, 0.29) is 0 Å². The minimum atomic E-state index is -4.16.